The number of carbonyl (C=O) groups excluding carboxylic acids is 1. The van der Waals surface area contributed by atoms with E-state index in [1.165, 1.54) is 19.4 Å². The molecule has 0 spiro atoms. The molecule has 0 radical (unpaired) electrons. The van der Waals surface area contributed by atoms with Gasteiger partial charge >= 0.3 is 0 Å². The Morgan fingerprint density at radius 1 is 1.32 bits per heavy atom. The summed E-state index contributed by atoms with van der Waals surface area (Å²) in [6.07, 6.45) is 3.50. The SMILES string of the molecule is CN1CCCC2CN(C(=O)c3ccc(N)cc3Cl)CCC21.Cl. The molecular formula is C16H23Cl2N3O. The molecule has 2 N–H and O–H groups in total. The van der Waals surface area contributed by atoms with Gasteiger partial charge in [-0.15, -0.1) is 12.4 Å². The van der Waals surface area contributed by atoms with Gasteiger partial charge in [0.15, 0.2) is 0 Å². The summed E-state index contributed by atoms with van der Waals surface area (Å²) in [4.78, 5) is 17.1. The lowest BCUT2D eigenvalue weighted by Gasteiger charge is -2.46. The lowest BCUT2D eigenvalue weighted by molar-refractivity contribution is 0.0317. The van der Waals surface area contributed by atoms with Crippen LogP contribution in [0.3, 0.4) is 0 Å². The maximum Gasteiger partial charge on any atom is 0.255 e. The topological polar surface area (TPSA) is 49.6 Å². The molecule has 2 heterocycles. The van der Waals surface area contributed by atoms with Gasteiger partial charge in [0.05, 0.1) is 10.6 Å². The minimum atomic E-state index is 0. The summed E-state index contributed by atoms with van der Waals surface area (Å²) < 4.78 is 0. The maximum atomic E-state index is 12.7. The summed E-state index contributed by atoms with van der Waals surface area (Å²) in [6, 6.07) is 5.75. The number of hydrogen-bond donors (Lipinski definition) is 1. The number of piperidine rings is 2. The third kappa shape index (κ3) is 3.34. The number of carbonyl (C=O) groups is 1. The Labute approximate surface area is 143 Å². The summed E-state index contributed by atoms with van der Waals surface area (Å²) in [7, 11) is 2.20. The van der Waals surface area contributed by atoms with E-state index in [-0.39, 0.29) is 18.3 Å². The summed E-state index contributed by atoms with van der Waals surface area (Å²) in [6.45, 7) is 2.83. The van der Waals surface area contributed by atoms with Crippen molar-refractivity contribution in [3.05, 3.63) is 28.8 Å². The van der Waals surface area contributed by atoms with Crippen LogP contribution in [0.4, 0.5) is 5.69 Å². The van der Waals surface area contributed by atoms with E-state index in [4.69, 9.17) is 17.3 Å². The number of hydrogen-bond acceptors (Lipinski definition) is 3. The number of likely N-dealkylation sites (tertiary alicyclic amines) is 2. The van der Waals surface area contributed by atoms with Crippen molar-refractivity contribution >= 4 is 35.6 Å². The Morgan fingerprint density at radius 2 is 2.09 bits per heavy atom. The largest absolute Gasteiger partial charge is 0.399 e. The molecule has 2 atom stereocenters. The Hall–Kier alpha value is -0.970. The lowest BCUT2D eigenvalue weighted by Crippen LogP contribution is -2.53. The molecule has 22 heavy (non-hydrogen) atoms. The highest BCUT2D eigenvalue weighted by Gasteiger charge is 2.36. The first kappa shape index (κ1) is 17.4. The van der Waals surface area contributed by atoms with Gasteiger partial charge in [0.1, 0.15) is 0 Å². The summed E-state index contributed by atoms with van der Waals surface area (Å²) in [5.41, 5.74) is 6.84. The van der Waals surface area contributed by atoms with E-state index in [0.29, 0.717) is 28.2 Å². The van der Waals surface area contributed by atoms with Gasteiger partial charge in [-0.2, -0.15) is 0 Å². The van der Waals surface area contributed by atoms with Crippen LogP contribution >= 0.6 is 24.0 Å². The number of nitrogens with zero attached hydrogens (tertiary/aromatic N) is 2. The Morgan fingerprint density at radius 3 is 2.82 bits per heavy atom. The molecule has 122 valence electrons. The third-order valence-corrected chi connectivity index (χ3v) is 5.17. The van der Waals surface area contributed by atoms with Crippen molar-refractivity contribution in [2.75, 3.05) is 32.4 Å². The molecule has 1 aromatic carbocycles. The van der Waals surface area contributed by atoms with E-state index in [0.717, 1.165) is 19.5 Å². The zero-order valence-electron chi connectivity index (χ0n) is 12.8. The molecule has 0 saturated carbocycles. The first-order valence-corrected chi connectivity index (χ1v) is 7.98. The predicted molar refractivity (Wildman–Crippen MR) is 92.8 cm³/mol. The Bertz CT molecular complexity index is 552. The number of fused-ring (bicyclic) bond motifs is 1. The quantitative estimate of drug-likeness (QED) is 0.797. The first-order valence-electron chi connectivity index (χ1n) is 7.61. The lowest BCUT2D eigenvalue weighted by atomic mass is 9.84. The van der Waals surface area contributed by atoms with Crippen LogP contribution in [0.5, 0.6) is 0 Å². The highest BCUT2D eigenvalue weighted by Crippen LogP contribution is 2.31. The van der Waals surface area contributed by atoms with Crippen LogP contribution in [-0.2, 0) is 0 Å². The second-order valence-corrected chi connectivity index (χ2v) is 6.64. The number of nitrogens with two attached hydrogens (primary N) is 1. The van der Waals surface area contributed by atoms with Crippen molar-refractivity contribution in [3.63, 3.8) is 0 Å². The van der Waals surface area contributed by atoms with Crippen molar-refractivity contribution in [2.24, 2.45) is 5.92 Å². The average molecular weight is 344 g/mol. The van der Waals surface area contributed by atoms with E-state index in [1.54, 1.807) is 18.2 Å². The standard InChI is InChI=1S/C16H22ClN3O.ClH/c1-19-7-2-3-11-10-20(8-6-15(11)19)16(21)13-5-4-12(18)9-14(13)17;/h4-5,9,11,15H,2-3,6-8,10,18H2,1H3;1H. The molecule has 2 fully saturated rings. The number of anilines is 1. The van der Waals surface area contributed by atoms with Crippen LogP contribution in [-0.4, -0.2) is 48.4 Å². The molecule has 6 heteroatoms. The second-order valence-electron chi connectivity index (χ2n) is 6.23. The highest BCUT2D eigenvalue weighted by molar-refractivity contribution is 6.34. The van der Waals surface area contributed by atoms with Crippen LogP contribution in [0, 0.1) is 5.92 Å². The van der Waals surface area contributed by atoms with E-state index in [9.17, 15) is 4.79 Å². The monoisotopic (exact) mass is 343 g/mol. The Balaban J connectivity index is 0.00000176. The van der Waals surface area contributed by atoms with Gasteiger partial charge in [-0.05, 0) is 57.0 Å². The number of benzene rings is 1. The van der Waals surface area contributed by atoms with E-state index in [2.05, 4.69) is 11.9 Å². The van der Waals surface area contributed by atoms with Crippen molar-refractivity contribution in [3.8, 4) is 0 Å². The zero-order valence-corrected chi connectivity index (χ0v) is 14.4. The average Bonchev–Trinajstić information content (AvgIpc) is 2.46. The van der Waals surface area contributed by atoms with Crippen LogP contribution in [0.25, 0.3) is 0 Å². The van der Waals surface area contributed by atoms with Gasteiger partial charge in [-0.1, -0.05) is 11.6 Å². The Kier molecular flexibility index (Phi) is 5.59. The zero-order chi connectivity index (χ0) is 15.0. The fourth-order valence-corrected chi connectivity index (χ4v) is 3.98. The molecule has 2 saturated heterocycles. The summed E-state index contributed by atoms with van der Waals surface area (Å²) in [5.74, 6) is 0.626. The van der Waals surface area contributed by atoms with Gasteiger partial charge in [-0.25, -0.2) is 0 Å². The molecule has 2 aliphatic heterocycles. The van der Waals surface area contributed by atoms with Gasteiger partial charge in [-0.3, -0.25) is 4.79 Å². The van der Waals surface area contributed by atoms with E-state index in [1.807, 2.05) is 4.90 Å². The molecule has 1 amide bonds. The molecule has 1 aromatic rings. The number of rotatable bonds is 1. The van der Waals surface area contributed by atoms with Crippen molar-refractivity contribution in [1.82, 2.24) is 9.80 Å². The molecule has 2 unspecified atom stereocenters. The minimum absolute atomic E-state index is 0. The van der Waals surface area contributed by atoms with Gasteiger partial charge in [0, 0.05) is 24.8 Å². The minimum Gasteiger partial charge on any atom is -0.399 e. The maximum absolute atomic E-state index is 12.7. The van der Waals surface area contributed by atoms with E-state index < -0.39 is 0 Å². The van der Waals surface area contributed by atoms with Crippen LogP contribution in [0.15, 0.2) is 18.2 Å². The fourth-order valence-electron chi connectivity index (χ4n) is 3.71. The predicted octanol–water partition coefficient (Wildman–Crippen LogP) is 2.90. The molecule has 0 aromatic heterocycles. The van der Waals surface area contributed by atoms with Gasteiger partial charge in [0.2, 0.25) is 0 Å². The number of halogens is 2. The van der Waals surface area contributed by atoms with Crippen molar-refractivity contribution in [1.29, 1.82) is 0 Å². The van der Waals surface area contributed by atoms with Crippen molar-refractivity contribution < 1.29 is 4.79 Å². The number of nitrogen functional groups attached to an aromatic ring is 1. The third-order valence-electron chi connectivity index (χ3n) is 4.86. The molecule has 0 aliphatic carbocycles. The van der Waals surface area contributed by atoms with Gasteiger partial charge in [0.25, 0.3) is 5.91 Å². The van der Waals surface area contributed by atoms with E-state index >= 15 is 0 Å². The molecule has 0 bridgehead atoms. The summed E-state index contributed by atoms with van der Waals surface area (Å²) >= 11 is 6.17. The molecule has 2 aliphatic rings. The van der Waals surface area contributed by atoms with Crippen LogP contribution in [0.2, 0.25) is 5.02 Å². The normalized spacial score (nSPS) is 25.3. The highest BCUT2D eigenvalue weighted by atomic mass is 35.5. The second kappa shape index (κ2) is 7.07. The summed E-state index contributed by atoms with van der Waals surface area (Å²) in [5, 5.41) is 0.447. The first-order chi connectivity index (χ1) is 10.1. The number of amides is 1. The van der Waals surface area contributed by atoms with Crippen molar-refractivity contribution in [2.45, 2.75) is 25.3 Å². The van der Waals surface area contributed by atoms with Gasteiger partial charge < -0.3 is 15.5 Å². The van der Waals surface area contributed by atoms with Crippen LogP contribution in [0.1, 0.15) is 29.6 Å². The molecular weight excluding hydrogens is 321 g/mol. The smallest absolute Gasteiger partial charge is 0.255 e. The fraction of sp³-hybridized carbons (Fsp3) is 0.562. The van der Waals surface area contributed by atoms with Crippen LogP contribution < -0.4 is 5.73 Å². The molecule has 3 rings (SSSR count). The molecule has 4 nitrogen and oxygen atoms in total.